The number of rotatable bonds is 4. The zero-order valence-electron chi connectivity index (χ0n) is 10.3. The number of hydrogen-bond acceptors (Lipinski definition) is 2. The summed E-state index contributed by atoms with van der Waals surface area (Å²) < 4.78 is 27.1. The van der Waals surface area contributed by atoms with Crippen molar-refractivity contribution in [3.63, 3.8) is 0 Å². The van der Waals surface area contributed by atoms with E-state index in [2.05, 4.69) is 5.43 Å². The first-order valence-corrected chi connectivity index (χ1v) is 6.62. The Kier molecular flexibility index (Phi) is 4.94. The highest BCUT2D eigenvalue weighted by Crippen LogP contribution is 2.30. The van der Waals surface area contributed by atoms with Crippen molar-refractivity contribution in [1.82, 2.24) is 5.43 Å². The number of hydrazine groups is 1. The largest absolute Gasteiger partial charge is 0.271 e. The van der Waals surface area contributed by atoms with Crippen molar-refractivity contribution in [1.29, 1.82) is 0 Å². The van der Waals surface area contributed by atoms with Crippen molar-refractivity contribution in [2.75, 3.05) is 0 Å². The van der Waals surface area contributed by atoms with Gasteiger partial charge in [-0.3, -0.25) is 11.3 Å². The van der Waals surface area contributed by atoms with Crippen molar-refractivity contribution < 1.29 is 8.78 Å². The first kappa shape index (κ1) is 15.2. The molecule has 0 heterocycles. The molecule has 2 rings (SSSR count). The van der Waals surface area contributed by atoms with Crippen molar-refractivity contribution in [2.45, 2.75) is 12.5 Å². The van der Waals surface area contributed by atoms with Gasteiger partial charge in [0, 0.05) is 15.6 Å². The molecular weight excluding hydrogens is 305 g/mol. The zero-order chi connectivity index (χ0) is 14.7. The summed E-state index contributed by atoms with van der Waals surface area (Å²) in [5.41, 5.74) is 3.25. The molecule has 1 atom stereocenters. The number of nitrogens with two attached hydrogens (primary N) is 1. The first-order valence-electron chi connectivity index (χ1n) is 5.87. The van der Waals surface area contributed by atoms with Crippen LogP contribution in [0.5, 0.6) is 0 Å². The highest BCUT2D eigenvalue weighted by atomic mass is 35.5. The van der Waals surface area contributed by atoms with E-state index in [0.717, 1.165) is 0 Å². The minimum Gasteiger partial charge on any atom is -0.271 e. The van der Waals surface area contributed by atoms with Gasteiger partial charge in [0.1, 0.15) is 11.6 Å². The number of halogens is 4. The van der Waals surface area contributed by atoms with E-state index >= 15 is 0 Å². The van der Waals surface area contributed by atoms with Gasteiger partial charge in [-0.2, -0.15) is 0 Å². The normalized spacial score (nSPS) is 12.4. The van der Waals surface area contributed by atoms with Crippen LogP contribution in [0.25, 0.3) is 0 Å². The average Bonchev–Trinajstić information content (AvgIpc) is 2.41. The fourth-order valence-electron chi connectivity index (χ4n) is 2.01. The third-order valence-corrected chi connectivity index (χ3v) is 3.68. The Bertz CT molecular complexity index is 600. The van der Waals surface area contributed by atoms with Crippen LogP contribution < -0.4 is 11.3 Å². The lowest BCUT2D eigenvalue weighted by molar-refractivity contribution is 0.509. The Hall–Kier alpha value is -1.20. The van der Waals surface area contributed by atoms with Gasteiger partial charge in [0.25, 0.3) is 0 Å². The summed E-state index contributed by atoms with van der Waals surface area (Å²) in [7, 11) is 0. The predicted octanol–water partition coefficient (Wildman–Crippen LogP) is 4.02. The molecule has 6 heteroatoms. The van der Waals surface area contributed by atoms with Gasteiger partial charge in [0.15, 0.2) is 0 Å². The van der Waals surface area contributed by atoms with E-state index in [1.807, 2.05) is 0 Å². The maximum absolute atomic E-state index is 13.9. The lowest BCUT2D eigenvalue weighted by Crippen LogP contribution is -2.30. The van der Waals surface area contributed by atoms with E-state index in [1.54, 1.807) is 6.07 Å². The van der Waals surface area contributed by atoms with Crippen LogP contribution in [-0.2, 0) is 6.42 Å². The first-order chi connectivity index (χ1) is 9.52. The lowest BCUT2D eigenvalue weighted by atomic mass is 9.98. The van der Waals surface area contributed by atoms with E-state index < -0.39 is 17.7 Å². The van der Waals surface area contributed by atoms with Crippen LogP contribution in [-0.4, -0.2) is 0 Å². The topological polar surface area (TPSA) is 38.0 Å². The predicted molar refractivity (Wildman–Crippen MR) is 76.6 cm³/mol. The van der Waals surface area contributed by atoms with Crippen molar-refractivity contribution in [3.05, 3.63) is 69.2 Å². The van der Waals surface area contributed by atoms with Crippen LogP contribution >= 0.6 is 23.2 Å². The third kappa shape index (κ3) is 3.27. The Morgan fingerprint density at radius 2 is 1.85 bits per heavy atom. The third-order valence-electron chi connectivity index (χ3n) is 2.98. The summed E-state index contributed by atoms with van der Waals surface area (Å²) in [5.74, 6) is 4.57. The highest BCUT2D eigenvalue weighted by molar-refractivity contribution is 6.31. The van der Waals surface area contributed by atoms with Gasteiger partial charge < -0.3 is 0 Å². The van der Waals surface area contributed by atoms with Gasteiger partial charge in [0.2, 0.25) is 0 Å². The highest BCUT2D eigenvalue weighted by Gasteiger charge is 2.19. The molecule has 0 aliphatic rings. The van der Waals surface area contributed by atoms with Crippen LogP contribution in [0.3, 0.4) is 0 Å². The Morgan fingerprint density at radius 3 is 2.50 bits per heavy atom. The van der Waals surface area contributed by atoms with Crippen LogP contribution in [0, 0.1) is 11.6 Å². The molecule has 106 valence electrons. The average molecular weight is 317 g/mol. The number of nitrogens with one attached hydrogen (secondary N) is 1. The summed E-state index contributed by atoms with van der Waals surface area (Å²) in [5, 5.41) is 0.639. The second-order valence-corrected chi connectivity index (χ2v) is 5.11. The van der Waals surface area contributed by atoms with Crippen LogP contribution in [0.2, 0.25) is 10.0 Å². The second-order valence-electron chi connectivity index (χ2n) is 4.29. The van der Waals surface area contributed by atoms with Crippen LogP contribution in [0.1, 0.15) is 17.2 Å². The molecule has 0 radical (unpaired) electrons. The molecule has 0 bridgehead atoms. The monoisotopic (exact) mass is 316 g/mol. The van der Waals surface area contributed by atoms with Gasteiger partial charge >= 0.3 is 0 Å². The molecule has 0 aliphatic heterocycles. The maximum Gasteiger partial charge on any atom is 0.129 e. The molecule has 0 saturated carbocycles. The van der Waals surface area contributed by atoms with E-state index in [0.29, 0.717) is 10.6 Å². The molecule has 0 aromatic heterocycles. The SMILES string of the molecule is NNC(Cc1cc(F)ccc1Cl)c1c(F)cccc1Cl. The summed E-state index contributed by atoms with van der Waals surface area (Å²) in [4.78, 5) is 0. The summed E-state index contributed by atoms with van der Waals surface area (Å²) in [6.07, 6.45) is 0.216. The number of benzene rings is 2. The van der Waals surface area contributed by atoms with Crippen LogP contribution in [0.4, 0.5) is 8.78 Å². The van der Waals surface area contributed by atoms with Gasteiger partial charge in [0.05, 0.1) is 6.04 Å². The summed E-state index contributed by atoms with van der Waals surface area (Å²) in [6, 6.07) is 7.75. The Balaban J connectivity index is 2.36. The number of hydrogen-bond donors (Lipinski definition) is 2. The molecule has 3 N–H and O–H groups in total. The van der Waals surface area contributed by atoms with Gasteiger partial charge in [-0.15, -0.1) is 0 Å². The van der Waals surface area contributed by atoms with E-state index in [9.17, 15) is 8.78 Å². The standard InChI is InChI=1S/C14H12Cl2F2N2/c15-10-5-4-9(17)6-8(10)7-13(20-19)14-11(16)2-1-3-12(14)18/h1-6,13,20H,7,19H2. The van der Waals surface area contributed by atoms with Crippen molar-refractivity contribution >= 4 is 23.2 Å². The lowest BCUT2D eigenvalue weighted by Gasteiger charge is -2.19. The van der Waals surface area contributed by atoms with Crippen molar-refractivity contribution in [2.24, 2.45) is 5.84 Å². The molecule has 0 fully saturated rings. The minimum atomic E-state index is -0.608. The molecule has 0 spiro atoms. The molecule has 0 saturated heterocycles. The molecular formula is C14H12Cl2F2N2. The Labute approximate surface area is 125 Å². The fraction of sp³-hybridized carbons (Fsp3) is 0.143. The van der Waals surface area contributed by atoms with Crippen molar-refractivity contribution in [3.8, 4) is 0 Å². The van der Waals surface area contributed by atoms with E-state index in [-0.39, 0.29) is 17.0 Å². The second kappa shape index (κ2) is 6.50. The smallest absolute Gasteiger partial charge is 0.129 e. The molecule has 0 amide bonds. The minimum absolute atomic E-state index is 0.216. The Morgan fingerprint density at radius 1 is 1.10 bits per heavy atom. The summed E-state index contributed by atoms with van der Waals surface area (Å²) >= 11 is 12.0. The quantitative estimate of drug-likeness (QED) is 0.660. The van der Waals surface area contributed by atoms with Gasteiger partial charge in [-0.25, -0.2) is 8.78 Å². The summed E-state index contributed by atoms with van der Waals surface area (Å²) in [6.45, 7) is 0. The maximum atomic E-state index is 13.9. The van der Waals surface area contributed by atoms with Crippen LogP contribution in [0.15, 0.2) is 36.4 Å². The van der Waals surface area contributed by atoms with Gasteiger partial charge in [-0.05, 0) is 42.3 Å². The zero-order valence-corrected chi connectivity index (χ0v) is 11.8. The molecule has 0 aliphatic carbocycles. The molecule has 2 aromatic carbocycles. The fourth-order valence-corrected chi connectivity index (χ4v) is 2.50. The van der Waals surface area contributed by atoms with E-state index in [4.69, 9.17) is 29.0 Å². The molecule has 2 nitrogen and oxygen atoms in total. The van der Waals surface area contributed by atoms with E-state index in [1.165, 1.54) is 30.3 Å². The molecule has 2 aromatic rings. The molecule has 20 heavy (non-hydrogen) atoms. The van der Waals surface area contributed by atoms with Gasteiger partial charge in [-0.1, -0.05) is 29.3 Å². The molecule has 1 unspecified atom stereocenters.